The number of furan rings is 1. The van der Waals surface area contributed by atoms with Crippen LogP contribution in [0, 0.1) is 0 Å². The van der Waals surface area contributed by atoms with E-state index < -0.39 is 9.84 Å². The van der Waals surface area contributed by atoms with Crippen LogP contribution in [-0.2, 0) is 9.84 Å². The molecule has 1 aliphatic heterocycles. The van der Waals surface area contributed by atoms with Crippen LogP contribution in [0.4, 0.5) is 0 Å². The maximum Gasteiger partial charge on any atom is 0.289 e. The van der Waals surface area contributed by atoms with Crippen molar-refractivity contribution in [2.45, 2.75) is 23.0 Å². The number of sulfone groups is 1. The third-order valence-corrected chi connectivity index (χ3v) is 6.20. The summed E-state index contributed by atoms with van der Waals surface area (Å²) in [6.07, 6.45) is 4.19. The van der Waals surface area contributed by atoms with Crippen LogP contribution in [0.25, 0.3) is 0 Å². The van der Waals surface area contributed by atoms with E-state index in [0.29, 0.717) is 24.5 Å². The van der Waals surface area contributed by atoms with Crippen LogP contribution in [-0.4, -0.2) is 48.2 Å². The first kappa shape index (κ1) is 15.2. The van der Waals surface area contributed by atoms with Crippen molar-refractivity contribution in [3.63, 3.8) is 0 Å². The largest absolute Gasteiger partial charge is 0.459 e. The number of hydrogen-bond donors (Lipinski definition) is 0. The van der Waals surface area contributed by atoms with Crippen molar-refractivity contribution in [1.29, 1.82) is 0 Å². The van der Waals surface area contributed by atoms with Crippen LogP contribution >= 0.6 is 11.5 Å². The van der Waals surface area contributed by atoms with Gasteiger partial charge in [-0.1, -0.05) is 4.49 Å². The average Bonchev–Trinajstić information content (AvgIpc) is 3.17. The quantitative estimate of drug-likeness (QED) is 0.841. The minimum Gasteiger partial charge on any atom is -0.459 e. The molecule has 0 N–H and O–H groups in total. The van der Waals surface area contributed by atoms with Crippen LogP contribution in [0.5, 0.6) is 0 Å². The molecule has 0 unspecified atom stereocenters. The maximum absolute atomic E-state index is 12.3. The number of amides is 1. The Morgan fingerprint density at radius 2 is 2.32 bits per heavy atom. The Labute approximate surface area is 132 Å². The summed E-state index contributed by atoms with van der Waals surface area (Å²) in [4.78, 5) is 14.0. The summed E-state index contributed by atoms with van der Waals surface area (Å²) in [5.74, 6) is -0.00433. The summed E-state index contributed by atoms with van der Waals surface area (Å²) in [7, 11) is -3.35. The summed E-state index contributed by atoms with van der Waals surface area (Å²) in [5, 5.41) is 3.99. The van der Waals surface area contributed by atoms with Crippen molar-refractivity contribution in [1.82, 2.24) is 14.5 Å². The molecule has 1 atom stereocenters. The van der Waals surface area contributed by atoms with Gasteiger partial charge in [0.1, 0.15) is 0 Å². The molecule has 0 radical (unpaired) electrons. The number of rotatable bonds is 3. The highest BCUT2D eigenvalue weighted by Gasteiger charge is 2.32. The molecule has 1 aliphatic rings. The zero-order valence-electron chi connectivity index (χ0n) is 11.9. The lowest BCUT2D eigenvalue weighted by molar-refractivity contribution is 0.0673. The first-order valence-corrected chi connectivity index (χ1v) is 9.48. The molecule has 1 amide bonds. The minimum absolute atomic E-state index is 0.115. The second-order valence-electron chi connectivity index (χ2n) is 5.29. The van der Waals surface area contributed by atoms with Gasteiger partial charge >= 0.3 is 0 Å². The highest BCUT2D eigenvalue weighted by atomic mass is 32.2. The van der Waals surface area contributed by atoms with Crippen LogP contribution in [0.15, 0.2) is 27.0 Å². The SMILES string of the molecule is CS(=O)(=O)c1snnc1[C@H]1CCCN(C(=O)c2ccco2)C1. The van der Waals surface area contributed by atoms with Gasteiger partial charge in [-0.05, 0) is 25.0 Å². The Morgan fingerprint density at radius 3 is 3.00 bits per heavy atom. The summed E-state index contributed by atoms with van der Waals surface area (Å²) >= 11 is 0.886. The van der Waals surface area contributed by atoms with E-state index >= 15 is 0 Å². The Bertz CT molecular complexity index is 767. The molecule has 9 heteroatoms. The first-order valence-electron chi connectivity index (χ1n) is 6.82. The van der Waals surface area contributed by atoms with E-state index in [2.05, 4.69) is 9.59 Å². The first-order chi connectivity index (χ1) is 10.5. The lowest BCUT2D eigenvalue weighted by Crippen LogP contribution is -2.39. The molecule has 1 fully saturated rings. The summed E-state index contributed by atoms with van der Waals surface area (Å²) in [5.41, 5.74) is 0.476. The van der Waals surface area contributed by atoms with E-state index in [1.165, 1.54) is 6.26 Å². The fourth-order valence-corrected chi connectivity index (χ4v) is 4.37. The molecule has 1 saturated heterocycles. The van der Waals surface area contributed by atoms with Crippen molar-refractivity contribution in [3.8, 4) is 0 Å². The minimum atomic E-state index is -3.35. The smallest absolute Gasteiger partial charge is 0.289 e. The monoisotopic (exact) mass is 341 g/mol. The highest BCUT2D eigenvalue weighted by Crippen LogP contribution is 2.32. The second-order valence-corrected chi connectivity index (χ2v) is 8.25. The molecule has 118 valence electrons. The lowest BCUT2D eigenvalue weighted by atomic mass is 9.95. The Morgan fingerprint density at radius 1 is 1.50 bits per heavy atom. The Hall–Kier alpha value is -1.74. The van der Waals surface area contributed by atoms with Gasteiger partial charge in [0.15, 0.2) is 19.8 Å². The highest BCUT2D eigenvalue weighted by molar-refractivity contribution is 7.92. The van der Waals surface area contributed by atoms with Gasteiger partial charge in [-0.25, -0.2) is 8.42 Å². The van der Waals surface area contributed by atoms with E-state index in [1.807, 2.05) is 0 Å². The zero-order valence-corrected chi connectivity index (χ0v) is 13.6. The zero-order chi connectivity index (χ0) is 15.7. The van der Waals surface area contributed by atoms with Gasteiger partial charge < -0.3 is 9.32 Å². The Balaban J connectivity index is 1.82. The summed E-state index contributed by atoms with van der Waals surface area (Å²) in [6, 6.07) is 3.29. The number of nitrogens with zero attached hydrogens (tertiary/aromatic N) is 3. The molecule has 3 heterocycles. The predicted octanol–water partition coefficient (Wildman–Crippen LogP) is 1.55. The predicted molar refractivity (Wildman–Crippen MR) is 79.6 cm³/mol. The second kappa shape index (κ2) is 5.81. The molecule has 22 heavy (non-hydrogen) atoms. The summed E-state index contributed by atoms with van der Waals surface area (Å²) in [6.45, 7) is 1.05. The number of aromatic nitrogens is 2. The van der Waals surface area contributed by atoms with Crippen molar-refractivity contribution in [3.05, 3.63) is 29.9 Å². The normalized spacial score (nSPS) is 19.3. The van der Waals surface area contributed by atoms with E-state index in [0.717, 1.165) is 30.6 Å². The van der Waals surface area contributed by atoms with Gasteiger partial charge in [0, 0.05) is 36.8 Å². The number of carbonyl (C=O) groups excluding carboxylic acids is 1. The fraction of sp³-hybridized carbons (Fsp3) is 0.462. The topological polar surface area (TPSA) is 93.4 Å². The molecular weight excluding hydrogens is 326 g/mol. The van der Waals surface area contributed by atoms with Crippen LogP contribution in [0.1, 0.15) is 35.0 Å². The van der Waals surface area contributed by atoms with Gasteiger partial charge in [0.05, 0.1) is 12.0 Å². The van der Waals surface area contributed by atoms with Gasteiger partial charge in [0.2, 0.25) is 0 Å². The van der Waals surface area contributed by atoms with Crippen molar-refractivity contribution < 1.29 is 17.6 Å². The third-order valence-electron chi connectivity index (χ3n) is 3.65. The maximum atomic E-state index is 12.3. The molecule has 2 aromatic heterocycles. The van der Waals surface area contributed by atoms with Crippen LogP contribution < -0.4 is 0 Å². The van der Waals surface area contributed by atoms with E-state index in [4.69, 9.17) is 4.42 Å². The molecule has 0 aliphatic carbocycles. The van der Waals surface area contributed by atoms with Crippen molar-refractivity contribution in [2.24, 2.45) is 0 Å². The molecule has 2 aromatic rings. The van der Waals surface area contributed by atoms with Crippen molar-refractivity contribution >= 4 is 27.3 Å². The molecule has 0 bridgehead atoms. The van der Waals surface area contributed by atoms with E-state index in [9.17, 15) is 13.2 Å². The number of carbonyl (C=O) groups is 1. The van der Waals surface area contributed by atoms with Gasteiger partial charge in [0.25, 0.3) is 5.91 Å². The van der Waals surface area contributed by atoms with Gasteiger partial charge in [-0.3, -0.25) is 4.79 Å². The number of hydrogen-bond acceptors (Lipinski definition) is 7. The van der Waals surface area contributed by atoms with E-state index in [-0.39, 0.29) is 16.0 Å². The van der Waals surface area contributed by atoms with Gasteiger partial charge in [-0.15, -0.1) is 5.10 Å². The Kier molecular flexibility index (Phi) is 4.00. The van der Waals surface area contributed by atoms with Crippen LogP contribution in [0.2, 0.25) is 0 Å². The molecule has 3 rings (SSSR count). The fourth-order valence-electron chi connectivity index (χ4n) is 2.64. The average molecular weight is 341 g/mol. The van der Waals surface area contributed by atoms with Crippen molar-refractivity contribution in [2.75, 3.05) is 19.3 Å². The lowest BCUT2D eigenvalue weighted by Gasteiger charge is -2.31. The molecule has 7 nitrogen and oxygen atoms in total. The molecular formula is C13H15N3O4S2. The van der Waals surface area contributed by atoms with E-state index in [1.54, 1.807) is 17.0 Å². The number of piperidine rings is 1. The molecule has 0 saturated carbocycles. The standard InChI is InChI=1S/C13H15N3O4S2/c1-22(18,19)13-11(14-15-21-13)9-4-2-6-16(8-9)12(17)10-5-3-7-20-10/h3,5,7,9H,2,4,6,8H2,1H3/t9-/m0/s1. The number of likely N-dealkylation sites (tertiary alicyclic amines) is 1. The van der Waals surface area contributed by atoms with Gasteiger partial charge in [-0.2, -0.15) is 0 Å². The third kappa shape index (κ3) is 2.91. The molecule has 0 spiro atoms. The van der Waals surface area contributed by atoms with Crippen LogP contribution in [0.3, 0.4) is 0 Å². The molecule has 0 aromatic carbocycles. The summed E-state index contributed by atoms with van der Waals surface area (Å²) < 4.78 is 32.7.